The van der Waals surface area contributed by atoms with Crippen molar-refractivity contribution in [3.05, 3.63) is 42.4 Å². The van der Waals surface area contributed by atoms with Gasteiger partial charge in [0.1, 0.15) is 23.1 Å². The van der Waals surface area contributed by atoms with Crippen molar-refractivity contribution < 1.29 is 14.6 Å². The van der Waals surface area contributed by atoms with E-state index in [1.165, 1.54) is 0 Å². The Morgan fingerprint density at radius 1 is 1.28 bits per heavy atom. The first-order valence-electron chi connectivity index (χ1n) is 10.7. The monoisotopic (exact) mass is 433 g/mol. The number of pyridine rings is 1. The number of aliphatic hydroxyl groups is 1. The van der Waals surface area contributed by atoms with E-state index < -0.39 is 6.10 Å². The summed E-state index contributed by atoms with van der Waals surface area (Å²) < 4.78 is 9.07. The van der Waals surface area contributed by atoms with Crippen LogP contribution in [-0.4, -0.2) is 67.6 Å². The van der Waals surface area contributed by atoms with Crippen LogP contribution in [0.3, 0.4) is 0 Å². The maximum atomic E-state index is 12.8. The fourth-order valence-electron chi connectivity index (χ4n) is 4.27. The Balaban J connectivity index is 1.52. The number of aliphatic hydroxyl groups excluding tert-OH is 1. The molecular formula is C22H23N7O3. The topological polar surface area (TPSA) is 119 Å². The molecule has 32 heavy (non-hydrogen) atoms. The fourth-order valence-corrected chi connectivity index (χ4v) is 4.27. The Labute approximate surface area is 183 Å². The predicted octanol–water partition coefficient (Wildman–Crippen LogP) is 1.61. The number of carbonyl (C=O) groups excluding carboxylic acids is 1. The van der Waals surface area contributed by atoms with Crippen LogP contribution in [0, 0.1) is 0 Å². The number of fused-ring (bicyclic) bond motifs is 2. The van der Waals surface area contributed by atoms with Crippen LogP contribution in [0.15, 0.2) is 36.8 Å². The van der Waals surface area contributed by atoms with Crippen LogP contribution >= 0.6 is 0 Å². The highest BCUT2D eigenvalue weighted by molar-refractivity contribution is 6.01. The van der Waals surface area contributed by atoms with Crippen molar-refractivity contribution in [2.45, 2.75) is 31.0 Å². The van der Waals surface area contributed by atoms with Gasteiger partial charge >= 0.3 is 0 Å². The second-order valence-electron chi connectivity index (χ2n) is 8.31. The summed E-state index contributed by atoms with van der Waals surface area (Å²) in [6.45, 7) is 0.721. The lowest BCUT2D eigenvalue weighted by Crippen LogP contribution is -2.25. The number of carbonyl (C=O) groups is 1. The molecule has 3 N–H and O–H groups in total. The van der Waals surface area contributed by atoms with Gasteiger partial charge in [-0.05, 0) is 25.0 Å². The number of rotatable bonds is 5. The van der Waals surface area contributed by atoms with Gasteiger partial charge in [-0.1, -0.05) is 0 Å². The van der Waals surface area contributed by atoms with Crippen molar-refractivity contribution in [3.63, 3.8) is 0 Å². The molecule has 2 atom stereocenters. The highest BCUT2D eigenvalue weighted by atomic mass is 16.5. The summed E-state index contributed by atoms with van der Waals surface area (Å²) in [5, 5.41) is 21.8. The quantitative estimate of drug-likeness (QED) is 0.438. The molecule has 0 unspecified atom stereocenters. The van der Waals surface area contributed by atoms with Crippen LogP contribution in [0.2, 0.25) is 0 Å². The summed E-state index contributed by atoms with van der Waals surface area (Å²) >= 11 is 0. The standard InChI is InChI=1S/C22H23N7O3/c1-23-19-7-16(27-21-14(8-25-29(19)21)22(31)26-12-4-5-12)15-9-28(17-10-32-11-18(17)30)20-13(15)3-2-6-24-20/h2-3,6-9,12,17-18,23,30H,4-5,10-11H2,1H3,(H,26,31)/t17-,18-/m1/s1. The Bertz CT molecular complexity index is 1340. The summed E-state index contributed by atoms with van der Waals surface area (Å²) in [4.78, 5) is 22.2. The van der Waals surface area contributed by atoms with E-state index >= 15 is 0 Å². The van der Waals surface area contributed by atoms with E-state index in [1.54, 1.807) is 24.0 Å². The van der Waals surface area contributed by atoms with Crippen LogP contribution in [0.1, 0.15) is 29.2 Å². The predicted molar refractivity (Wildman–Crippen MR) is 118 cm³/mol. The molecule has 2 aliphatic rings. The zero-order chi connectivity index (χ0) is 21.8. The van der Waals surface area contributed by atoms with Crippen molar-refractivity contribution >= 4 is 28.4 Å². The summed E-state index contributed by atoms with van der Waals surface area (Å²) in [6, 6.07) is 5.79. The van der Waals surface area contributed by atoms with Crippen LogP contribution in [-0.2, 0) is 4.74 Å². The van der Waals surface area contributed by atoms with Crippen molar-refractivity contribution in [2.24, 2.45) is 0 Å². The molecule has 10 nitrogen and oxygen atoms in total. The van der Waals surface area contributed by atoms with Gasteiger partial charge in [-0.2, -0.15) is 9.61 Å². The minimum absolute atomic E-state index is 0.162. The van der Waals surface area contributed by atoms with Gasteiger partial charge in [0.15, 0.2) is 5.65 Å². The lowest BCUT2D eigenvalue weighted by molar-refractivity contribution is 0.0952. The van der Waals surface area contributed by atoms with Gasteiger partial charge in [-0.3, -0.25) is 4.79 Å². The number of hydrogen-bond acceptors (Lipinski definition) is 7. The third-order valence-corrected chi connectivity index (χ3v) is 6.13. The van der Waals surface area contributed by atoms with Crippen molar-refractivity contribution in [2.75, 3.05) is 25.6 Å². The fraction of sp³-hybridized carbons (Fsp3) is 0.364. The molecule has 5 heterocycles. The second-order valence-corrected chi connectivity index (χ2v) is 8.31. The summed E-state index contributed by atoms with van der Waals surface area (Å²) in [5.41, 5.74) is 3.23. The van der Waals surface area contributed by atoms with Gasteiger partial charge in [0.05, 0.1) is 31.1 Å². The van der Waals surface area contributed by atoms with E-state index in [-0.39, 0.29) is 18.0 Å². The largest absolute Gasteiger partial charge is 0.388 e. The average molecular weight is 433 g/mol. The normalized spacial score (nSPS) is 20.8. The number of hydrogen-bond donors (Lipinski definition) is 3. The number of amides is 1. The van der Waals surface area contributed by atoms with Gasteiger partial charge in [0.25, 0.3) is 5.91 Å². The number of nitrogens with zero attached hydrogens (tertiary/aromatic N) is 5. The Morgan fingerprint density at radius 3 is 2.91 bits per heavy atom. The van der Waals surface area contributed by atoms with Crippen molar-refractivity contribution in [1.29, 1.82) is 0 Å². The zero-order valence-corrected chi connectivity index (χ0v) is 17.5. The number of nitrogens with one attached hydrogen (secondary N) is 2. The van der Waals surface area contributed by atoms with E-state index in [0.717, 1.165) is 29.4 Å². The molecule has 4 aromatic heterocycles. The van der Waals surface area contributed by atoms with Crippen LogP contribution in [0.25, 0.3) is 27.9 Å². The molecule has 0 aromatic carbocycles. The molecule has 164 valence electrons. The van der Waals surface area contributed by atoms with Gasteiger partial charge in [0.2, 0.25) is 0 Å². The molecule has 0 spiro atoms. The molecule has 1 aliphatic carbocycles. The molecular weight excluding hydrogens is 410 g/mol. The maximum absolute atomic E-state index is 12.8. The molecule has 1 amide bonds. The first kappa shape index (κ1) is 19.2. The number of ether oxygens (including phenoxy) is 1. The van der Waals surface area contributed by atoms with E-state index in [0.29, 0.717) is 35.9 Å². The highest BCUT2D eigenvalue weighted by Gasteiger charge is 2.30. The summed E-state index contributed by atoms with van der Waals surface area (Å²) in [5.74, 6) is 0.550. The van der Waals surface area contributed by atoms with Gasteiger partial charge in [-0.15, -0.1) is 0 Å². The van der Waals surface area contributed by atoms with E-state index in [1.807, 2.05) is 29.0 Å². The van der Waals surface area contributed by atoms with Crippen molar-refractivity contribution in [3.8, 4) is 11.3 Å². The van der Waals surface area contributed by atoms with E-state index in [9.17, 15) is 9.90 Å². The summed E-state index contributed by atoms with van der Waals surface area (Å²) in [6.07, 6.45) is 6.66. The summed E-state index contributed by atoms with van der Waals surface area (Å²) in [7, 11) is 1.81. The first-order valence-corrected chi connectivity index (χ1v) is 10.7. The first-order chi connectivity index (χ1) is 15.6. The minimum atomic E-state index is -0.601. The second kappa shape index (κ2) is 7.28. The Morgan fingerprint density at radius 2 is 2.16 bits per heavy atom. The Hall–Kier alpha value is -3.50. The van der Waals surface area contributed by atoms with E-state index in [4.69, 9.17) is 9.72 Å². The molecule has 1 aliphatic heterocycles. The molecule has 6 rings (SSSR count). The van der Waals surface area contributed by atoms with Gasteiger partial charge in [0, 0.05) is 42.5 Å². The van der Waals surface area contributed by atoms with Crippen molar-refractivity contribution in [1.82, 2.24) is 29.5 Å². The lowest BCUT2D eigenvalue weighted by atomic mass is 10.1. The molecule has 2 fully saturated rings. The lowest BCUT2D eigenvalue weighted by Gasteiger charge is -2.15. The molecule has 4 aromatic rings. The molecule has 0 radical (unpaired) electrons. The van der Waals surface area contributed by atoms with Gasteiger partial charge < -0.3 is 25.0 Å². The molecule has 1 saturated heterocycles. The number of aromatic nitrogens is 5. The average Bonchev–Trinajstić information content (AvgIpc) is 3.20. The minimum Gasteiger partial charge on any atom is -0.388 e. The highest BCUT2D eigenvalue weighted by Crippen LogP contribution is 2.34. The zero-order valence-electron chi connectivity index (χ0n) is 17.5. The SMILES string of the molecule is CNc1cc(-c2cn([C@@H]3COC[C@H]3O)c3ncccc23)nc2c(C(=O)NC3CC3)cnn12. The van der Waals surface area contributed by atoms with Crippen LogP contribution in [0.5, 0.6) is 0 Å². The Kier molecular flexibility index (Phi) is 4.37. The smallest absolute Gasteiger partial charge is 0.256 e. The third kappa shape index (κ3) is 3.02. The van der Waals surface area contributed by atoms with Crippen LogP contribution in [0.4, 0.5) is 5.82 Å². The number of anilines is 1. The third-order valence-electron chi connectivity index (χ3n) is 6.13. The molecule has 1 saturated carbocycles. The van der Waals surface area contributed by atoms with Crippen LogP contribution < -0.4 is 10.6 Å². The maximum Gasteiger partial charge on any atom is 0.256 e. The molecule has 0 bridgehead atoms. The van der Waals surface area contributed by atoms with E-state index in [2.05, 4.69) is 20.7 Å². The molecule has 10 heteroatoms. The van der Waals surface area contributed by atoms with Gasteiger partial charge in [-0.25, -0.2) is 9.97 Å².